The molecule has 0 unspecified atom stereocenters. The Hall–Kier alpha value is -3.35. The maximum Gasteiger partial charge on any atom is 0.342 e. The highest BCUT2D eigenvalue weighted by Crippen LogP contribution is 2.42. The molecule has 0 bridgehead atoms. The summed E-state index contributed by atoms with van der Waals surface area (Å²) < 4.78 is 16.4. The van der Waals surface area contributed by atoms with E-state index < -0.39 is 0 Å². The number of nitrogens with one attached hydrogen (secondary N) is 1. The maximum absolute atomic E-state index is 12.2. The quantitative estimate of drug-likeness (QED) is 0.488. The molecule has 2 heterocycles. The molecule has 0 radical (unpaired) electrons. The number of carbonyl (C=O) groups excluding carboxylic acids is 2. The molecule has 1 aromatic carbocycles. The van der Waals surface area contributed by atoms with Gasteiger partial charge in [0, 0.05) is 23.7 Å². The first-order valence-electron chi connectivity index (χ1n) is 10.2. The van der Waals surface area contributed by atoms with Gasteiger partial charge in [0.05, 0.1) is 26.5 Å². The zero-order chi connectivity index (χ0) is 22.4. The van der Waals surface area contributed by atoms with Crippen LogP contribution in [0.4, 0.5) is 0 Å². The monoisotopic (exact) mass is 424 g/mol. The number of benzene rings is 1. The van der Waals surface area contributed by atoms with E-state index in [4.69, 9.17) is 14.2 Å². The van der Waals surface area contributed by atoms with E-state index in [0.29, 0.717) is 42.9 Å². The van der Waals surface area contributed by atoms with E-state index in [1.165, 1.54) is 0 Å². The second-order valence-electron chi connectivity index (χ2n) is 7.45. The van der Waals surface area contributed by atoms with Gasteiger partial charge in [-0.25, -0.2) is 4.79 Å². The molecule has 3 rings (SSSR count). The molecule has 0 fully saturated rings. The molecular weight excluding hydrogens is 396 g/mol. The Morgan fingerprint density at radius 3 is 2.68 bits per heavy atom. The topological polar surface area (TPSA) is 86.8 Å². The summed E-state index contributed by atoms with van der Waals surface area (Å²) in [7, 11) is 3.15. The molecule has 0 saturated carbocycles. The van der Waals surface area contributed by atoms with Crippen molar-refractivity contribution in [2.75, 3.05) is 14.2 Å². The van der Waals surface area contributed by atoms with Crippen LogP contribution in [0.15, 0.2) is 36.0 Å². The molecule has 7 heteroatoms. The molecule has 0 atom stereocenters. The smallest absolute Gasteiger partial charge is 0.342 e. The van der Waals surface area contributed by atoms with Crippen LogP contribution in [0.3, 0.4) is 0 Å². The average molecular weight is 424 g/mol. The van der Waals surface area contributed by atoms with E-state index in [0.717, 1.165) is 28.0 Å². The van der Waals surface area contributed by atoms with Gasteiger partial charge in [-0.2, -0.15) is 0 Å². The first-order valence-corrected chi connectivity index (χ1v) is 10.2. The Morgan fingerprint density at radius 2 is 2.00 bits per heavy atom. The highest BCUT2D eigenvalue weighted by Gasteiger charge is 2.32. The minimum Gasteiger partial charge on any atom is -0.496 e. The van der Waals surface area contributed by atoms with Crippen molar-refractivity contribution in [3.63, 3.8) is 0 Å². The molecule has 0 saturated heterocycles. The lowest BCUT2D eigenvalue weighted by atomic mass is 9.94. The number of hydrogen-bond acceptors (Lipinski definition) is 6. The number of aromatic nitrogens is 1. The molecule has 1 N–H and O–H groups in total. The van der Waals surface area contributed by atoms with Gasteiger partial charge in [0.25, 0.3) is 0 Å². The lowest BCUT2D eigenvalue weighted by Gasteiger charge is -2.18. The normalized spacial score (nSPS) is 12.9. The van der Waals surface area contributed by atoms with Gasteiger partial charge in [0.2, 0.25) is 5.91 Å². The minimum absolute atomic E-state index is 0.0234. The summed E-state index contributed by atoms with van der Waals surface area (Å²) in [5.74, 6) is 0.803. The van der Waals surface area contributed by atoms with Crippen LogP contribution in [0, 0.1) is 6.92 Å². The van der Waals surface area contributed by atoms with E-state index in [2.05, 4.69) is 10.3 Å². The molecule has 0 spiro atoms. The Bertz CT molecular complexity index is 999. The minimum atomic E-state index is -0.371. The second-order valence-corrected chi connectivity index (χ2v) is 7.45. The number of rotatable bonds is 9. The SMILES string of the molecule is COc1c(C)c2c(c(OC)c1CC=C(C)CCC(=O)NCc1ccccn1)C(=O)OC2. The number of pyridine rings is 1. The van der Waals surface area contributed by atoms with E-state index in [9.17, 15) is 9.59 Å². The van der Waals surface area contributed by atoms with Gasteiger partial charge >= 0.3 is 5.97 Å². The Kier molecular flexibility index (Phi) is 7.28. The highest BCUT2D eigenvalue weighted by molar-refractivity contribution is 5.98. The van der Waals surface area contributed by atoms with Crippen LogP contribution in [-0.2, 0) is 29.1 Å². The van der Waals surface area contributed by atoms with Crippen molar-refractivity contribution < 1.29 is 23.8 Å². The number of allylic oxidation sites excluding steroid dienone is 2. The number of amides is 1. The molecule has 164 valence electrons. The number of ether oxygens (including phenoxy) is 3. The number of methoxy groups -OCH3 is 2. The molecule has 31 heavy (non-hydrogen) atoms. The van der Waals surface area contributed by atoms with Crippen molar-refractivity contribution >= 4 is 11.9 Å². The van der Waals surface area contributed by atoms with Crippen molar-refractivity contribution in [3.8, 4) is 11.5 Å². The van der Waals surface area contributed by atoms with E-state index in [1.807, 2.05) is 38.1 Å². The van der Waals surface area contributed by atoms with Crippen LogP contribution >= 0.6 is 0 Å². The standard InChI is InChI=1S/C24H28N2O5/c1-15(9-11-20(27)26-13-17-7-5-6-12-25-17)8-10-18-22(29-3)16(2)19-14-31-24(28)21(19)23(18)30-4/h5-8,12H,9-11,13-14H2,1-4H3,(H,26,27). The van der Waals surface area contributed by atoms with Crippen LogP contribution in [0.25, 0.3) is 0 Å². The highest BCUT2D eigenvalue weighted by atomic mass is 16.5. The fourth-order valence-corrected chi connectivity index (χ4v) is 3.70. The predicted molar refractivity (Wildman–Crippen MR) is 116 cm³/mol. The number of esters is 1. The summed E-state index contributed by atoms with van der Waals surface area (Å²) in [6.07, 6.45) is 5.29. The van der Waals surface area contributed by atoms with Crippen molar-refractivity contribution in [3.05, 3.63) is 64.0 Å². The van der Waals surface area contributed by atoms with Gasteiger partial charge in [-0.1, -0.05) is 17.7 Å². The van der Waals surface area contributed by atoms with E-state index >= 15 is 0 Å². The summed E-state index contributed by atoms with van der Waals surface area (Å²) in [5.41, 5.74) is 4.88. The van der Waals surface area contributed by atoms with Crippen molar-refractivity contribution in [1.29, 1.82) is 0 Å². The van der Waals surface area contributed by atoms with E-state index in [-0.39, 0.29) is 18.5 Å². The molecule has 1 amide bonds. The Morgan fingerprint density at radius 1 is 1.23 bits per heavy atom. The zero-order valence-corrected chi connectivity index (χ0v) is 18.4. The summed E-state index contributed by atoms with van der Waals surface area (Å²) in [4.78, 5) is 28.6. The van der Waals surface area contributed by atoms with Crippen LogP contribution in [0.5, 0.6) is 11.5 Å². The van der Waals surface area contributed by atoms with Crippen molar-refractivity contribution in [2.24, 2.45) is 0 Å². The first-order chi connectivity index (χ1) is 15.0. The van der Waals surface area contributed by atoms with Gasteiger partial charge < -0.3 is 19.5 Å². The van der Waals surface area contributed by atoms with Crippen LogP contribution in [0.1, 0.15) is 52.5 Å². The van der Waals surface area contributed by atoms with Crippen molar-refractivity contribution in [1.82, 2.24) is 10.3 Å². The zero-order valence-electron chi connectivity index (χ0n) is 18.4. The fraction of sp³-hybridized carbons (Fsp3) is 0.375. The fourth-order valence-electron chi connectivity index (χ4n) is 3.70. The van der Waals surface area contributed by atoms with Crippen molar-refractivity contribution in [2.45, 2.75) is 46.3 Å². The van der Waals surface area contributed by atoms with Gasteiger partial charge in [-0.15, -0.1) is 0 Å². The summed E-state index contributed by atoms with van der Waals surface area (Å²) >= 11 is 0. The molecule has 1 aliphatic heterocycles. The van der Waals surface area contributed by atoms with Gasteiger partial charge in [0.1, 0.15) is 23.7 Å². The van der Waals surface area contributed by atoms with Gasteiger partial charge in [-0.05, 0) is 44.4 Å². The number of carbonyl (C=O) groups is 2. The third-order valence-corrected chi connectivity index (χ3v) is 5.42. The molecule has 7 nitrogen and oxygen atoms in total. The lowest BCUT2D eigenvalue weighted by molar-refractivity contribution is -0.121. The summed E-state index contributed by atoms with van der Waals surface area (Å²) in [6.45, 7) is 4.56. The number of fused-ring (bicyclic) bond motifs is 1. The van der Waals surface area contributed by atoms with Crippen LogP contribution < -0.4 is 14.8 Å². The van der Waals surface area contributed by atoms with Gasteiger partial charge in [-0.3, -0.25) is 9.78 Å². The third kappa shape index (κ3) is 5.05. The van der Waals surface area contributed by atoms with Crippen LogP contribution in [-0.4, -0.2) is 31.1 Å². The maximum atomic E-state index is 12.2. The number of nitrogens with zero attached hydrogens (tertiary/aromatic N) is 1. The van der Waals surface area contributed by atoms with Gasteiger partial charge in [0.15, 0.2) is 0 Å². The average Bonchev–Trinajstić information content (AvgIpc) is 3.17. The lowest BCUT2D eigenvalue weighted by Crippen LogP contribution is -2.22. The summed E-state index contributed by atoms with van der Waals surface area (Å²) in [5, 5.41) is 2.89. The third-order valence-electron chi connectivity index (χ3n) is 5.42. The number of hydrogen-bond donors (Lipinski definition) is 1. The number of cyclic esters (lactones) is 1. The largest absolute Gasteiger partial charge is 0.496 e. The predicted octanol–water partition coefficient (Wildman–Crippen LogP) is 3.66. The summed E-state index contributed by atoms with van der Waals surface area (Å²) in [6, 6.07) is 5.61. The van der Waals surface area contributed by atoms with Crippen LogP contribution in [0.2, 0.25) is 0 Å². The molecule has 0 aliphatic carbocycles. The van der Waals surface area contributed by atoms with E-state index in [1.54, 1.807) is 20.4 Å². The molecule has 1 aromatic heterocycles. The molecule has 1 aliphatic rings. The molecular formula is C24H28N2O5. The first kappa shape index (κ1) is 22.3. The Labute approximate surface area is 182 Å². The molecule has 2 aromatic rings. The Balaban J connectivity index is 1.67. The second kappa shape index (κ2) is 10.1.